The normalized spacial score (nSPS) is 21.4. The minimum atomic E-state index is -0.327. The van der Waals surface area contributed by atoms with E-state index in [4.69, 9.17) is 5.73 Å². The van der Waals surface area contributed by atoms with Crippen molar-refractivity contribution in [2.45, 2.75) is 52.0 Å². The molecule has 0 aromatic rings. The number of hydrogen-bond acceptors (Lipinski definition) is 2. The molecule has 1 fully saturated rings. The van der Waals surface area contributed by atoms with Gasteiger partial charge in [0.2, 0.25) is 11.8 Å². The quantitative estimate of drug-likeness (QED) is 0.756. The Morgan fingerprint density at radius 3 is 2.71 bits per heavy atom. The van der Waals surface area contributed by atoms with Gasteiger partial charge in [0.15, 0.2) is 0 Å². The van der Waals surface area contributed by atoms with Crippen LogP contribution in [-0.4, -0.2) is 29.3 Å². The maximum absolute atomic E-state index is 12.2. The minimum Gasteiger partial charge on any atom is -0.370 e. The number of carbonyl (C=O) groups is 2. The van der Waals surface area contributed by atoms with Crippen molar-refractivity contribution >= 4 is 11.8 Å². The zero-order valence-corrected chi connectivity index (χ0v) is 10.7. The lowest BCUT2D eigenvalue weighted by atomic mass is 9.98. The van der Waals surface area contributed by atoms with E-state index < -0.39 is 0 Å². The second-order valence-corrected chi connectivity index (χ2v) is 4.61. The molecule has 1 atom stereocenters. The third kappa shape index (κ3) is 3.88. The summed E-state index contributed by atoms with van der Waals surface area (Å²) in [4.78, 5) is 25.0. The van der Waals surface area contributed by atoms with Crippen molar-refractivity contribution in [3.63, 3.8) is 0 Å². The number of nitrogens with two attached hydrogens (primary N) is 1. The number of allylic oxidation sites excluding steroid dienone is 1. The van der Waals surface area contributed by atoms with Gasteiger partial charge in [0.25, 0.3) is 0 Å². The third-order valence-corrected chi connectivity index (χ3v) is 3.17. The molecule has 1 aliphatic heterocycles. The fourth-order valence-electron chi connectivity index (χ4n) is 2.33. The summed E-state index contributed by atoms with van der Waals surface area (Å²) in [6, 6.07) is -0.00560. The lowest BCUT2D eigenvalue weighted by molar-refractivity contribution is -0.132. The van der Waals surface area contributed by atoms with Gasteiger partial charge in [0, 0.05) is 24.6 Å². The molecule has 4 heteroatoms. The van der Waals surface area contributed by atoms with E-state index in [0.717, 1.165) is 37.8 Å². The zero-order valence-electron chi connectivity index (χ0n) is 10.7. The molecule has 1 rings (SSSR count). The fourth-order valence-corrected chi connectivity index (χ4v) is 2.33. The number of likely N-dealkylation sites (tertiary alicyclic amines) is 1. The minimum absolute atomic E-state index is 0.00560. The predicted octanol–water partition coefficient (Wildman–Crippen LogP) is 1.60. The molecular formula is C13H22N2O2. The summed E-state index contributed by atoms with van der Waals surface area (Å²) in [5.74, 6) is -0.273. The van der Waals surface area contributed by atoms with Crippen LogP contribution in [0.2, 0.25) is 0 Å². The average molecular weight is 238 g/mol. The lowest BCUT2D eigenvalue weighted by Crippen LogP contribution is -2.45. The van der Waals surface area contributed by atoms with E-state index in [1.807, 2.05) is 24.8 Å². The summed E-state index contributed by atoms with van der Waals surface area (Å²) in [6.45, 7) is 4.58. The third-order valence-electron chi connectivity index (χ3n) is 3.17. The monoisotopic (exact) mass is 238 g/mol. The molecular weight excluding hydrogens is 216 g/mol. The number of carbonyl (C=O) groups excluding carboxylic acids is 2. The molecule has 0 radical (unpaired) electrons. The standard InChI is InChI=1S/C13H22N2O2/c1-3-6-10(2)13(17)15-8-5-4-7-11(15)9-12(14)16/h6,11H,3-5,7-9H2,1-2H3,(H2,14,16). The molecule has 0 aliphatic carbocycles. The molecule has 1 aliphatic rings. The molecule has 2 N–H and O–H groups in total. The molecule has 0 aromatic carbocycles. The lowest BCUT2D eigenvalue weighted by Gasteiger charge is -2.35. The van der Waals surface area contributed by atoms with Crippen LogP contribution < -0.4 is 5.73 Å². The Morgan fingerprint density at radius 2 is 2.12 bits per heavy atom. The molecule has 1 saturated heterocycles. The molecule has 0 aromatic heterocycles. The van der Waals surface area contributed by atoms with Crippen LogP contribution in [-0.2, 0) is 9.59 Å². The summed E-state index contributed by atoms with van der Waals surface area (Å²) in [5.41, 5.74) is 6.00. The highest BCUT2D eigenvalue weighted by molar-refractivity contribution is 5.93. The van der Waals surface area contributed by atoms with Crippen LogP contribution in [0.3, 0.4) is 0 Å². The summed E-state index contributed by atoms with van der Waals surface area (Å²) < 4.78 is 0. The number of amides is 2. The van der Waals surface area contributed by atoms with E-state index in [1.165, 1.54) is 0 Å². The Morgan fingerprint density at radius 1 is 1.41 bits per heavy atom. The second kappa shape index (κ2) is 6.42. The first-order valence-corrected chi connectivity index (χ1v) is 6.32. The van der Waals surface area contributed by atoms with Gasteiger partial charge in [-0.2, -0.15) is 0 Å². The smallest absolute Gasteiger partial charge is 0.249 e. The van der Waals surface area contributed by atoms with Crippen molar-refractivity contribution < 1.29 is 9.59 Å². The number of primary amides is 1. The van der Waals surface area contributed by atoms with E-state index in [9.17, 15) is 9.59 Å². The van der Waals surface area contributed by atoms with Crippen LogP contribution in [0.5, 0.6) is 0 Å². The fraction of sp³-hybridized carbons (Fsp3) is 0.692. The Balaban J connectivity index is 2.73. The zero-order chi connectivity index (χ0) is 12.8. The first kappa shape index (κ1) is 13.7. The molecule has 17 heavy (non-hydrogen) atoms. The molecule has 0 spiro atoms. The number of hydrogen-bond donors (Lipinski definition) is 1. The highest BCUT2D eigenvalue weighted by Crippen LogP contribution is 2.21. The highest BCUT2D eigenvalue weighted by Gasteiger charge is 2.28. The van der Waals surface area contributed by atoms with Gasteiger partial charge in [-0.15, -0.1) is 0 Å². The summed E-state index contributed by atoms with van der Waals surface area (Å²) in [7, 11) is 0. The van der Waals surface area contributed by atoms with Gasteiger partial charge in [-0.25, -0.2) is 0 Å². The van der Waals surface area contributed by atoms with E-state index in [2.05, 4.69) is 0 Å². The highest BCUT2D eigenvalue weighted by atomic mass is 16.2. The molecule has 4 nitrogen and oxygen atoms in total. The maximum atomic E-state index is 12.2. The molecule has 2 amide bonds. The first-order chi connectivity index (χ1) is 8.06. The Labute approximate surface area is 103 Å². The SMILES string of the molecule is CCC=C(C)C(=O)N1CCCCC1CC(N)=O. The summed E-state index contributed by atoms with van der Waals surface area (Å²) in [6.07, 6.45) is 6.03. The van der Waals surface area contributed by atoms with Gasteiger partial charge in [-0.1, -0.05) is 13.0 Å². The van der Waals surface area contributed by atoms with Crippen LogP contribution in [0, 0.1) is 0 Å². The number of rotatable bonds is 4. The van der Waals surface area contributed by atoms with Crippen LogP contribution in [0.15, 0.2) is 11.6 Å². The number of nitrogens with zero attached hydrogens (tertiary/aromatic N) is 1. The van der Waals surface area contributed by atoms with Crippen molar-refractivity contribution in [1.82, 2.24) is 4.90 Å². The predicted molar refractivity (Wildman–Crippen MR) is 67.2 cm³/mol. The number of piperidine rings is 1. The molecule has 0 bridgehead atoms. The van der Waals surface area contributed by atoms with Crippen LogP contribution in [0.25, 0.3) is 0 Å². The van der Waals surface area contributed by atoms with Gasteiger partial charge in [0.1, 0.15) is 0 Å². The summed E-state index contributed by atoms with van der Waals surface area (Å²) in [5, 5.41) is 0. The van der Waals surface area contributed by atoms with Crippen molar-refractivity contribution in [3.05, 3.63) is 11.6 Å². The molecule has 1 heterocycles. The van der Waals surface area contributed by atoms with E-state index >= 15 is 0 Å². The van der Waals surface area contributed by atoms with Crippen LogP contribution in [0.4, 0.5) is 0 Å². The van der Waals surface area contributed by atoms with Gasteiger partial charge < -0.3 is 10.6 Å². The van der Waals surface area contributed by atoms with Crippen molar-refractivity contribution in [2.24, 2.45) is 5.73 Å². The van der Waals surface area contributed by atoms with Crippen molar-refractivity contribution in [3.8, 4) is 0 Å². The molecule has 0 saturated carbocycles. The molecule has 96 valence electrons. The molecule has 1 unspecified atom stereocenters. The Hall–Kier alpha value is -1.32. The van der Waals surface area contributed by atoms with Gasteiger partial charge in [0.05, 0.1) is 0 Å². The van der Waals surface area contributed by atoms with Gasteiger partial charge >= 0.3 is 0 Å². The van der Waals surface area contributed by atoms with Crippen LogP contribution in [0.1, 0.15) is 46.0 Å². The summed E-state index contributed by atoms with van der Waals surface area (Å²) >= 11 is 0. The van der Waals surface area contributed by atoms with Gasteiger partial charge in [-0.05, 0) is 32.6 Å². The topological polar surface area (TPSA) is 63.4 Å². The maximum Gasteiger partial charge on any atom is 0.249 e. The van der Waals surface area contributed by atoms with Gasteiger partial charge in [-0.3, -0.25) is 9.59 Å². The van der Waals surface area contributed by atoms with E-state index in [1.54, 1.807) is 0 Å². The Bertz CT molecular complexity index is 323. The average Bonchev–Trinajstić information content (AvgIpc) is 2.28. The second-order valence-electron chi connectivity index (χ2n) is 4.61. The van der Waals surface area contributed by atoms with Crippen molar-refractivity contribution in [2.75, 3.05) is 6.54 Å². The van der Waals surface area contributed by atoms with E-state index in [-0.39, 0.29) is 24.3 Å². The van der Waals surface area contributed by atoms with Crippen LogP contribution >= 0.6 is 0 Å². The Kier molecular flexibility index (Phi) is 5.19. The van der Waals surface area contributed by atoms with E-state index in [0.29, 0.717) is 0 Å². The largest absolute Gasteiger partial charge is 0.370 e. The first-order valence-electron chi connectivity index (χ1n) is 6.32. The van der Waals surface area contributed by atoms with Crippen molar-refractivity contribution in [1.29, 1.82) is 0 Å².